The first-order chi connectivity index (χ1) is 16.1. The number of carbonyl (C=O) groups is 1. The molecule has 0 bridgehead atoms. The number of hydrogen-bond acceptors (Lipinski definition) is 6. The fourth-order valence-corrected chi connectivity index (χ4v) is 3.67. The summed E-state index contributed by atoms with van der Waals surface area (Å²) in [5.41, 5.74) is 1.64. The summed E-state index contributed by atoms with van der Waals surface area (Å²) in [7, 11) is 0. The number of hydrogen-bond donors (Lipinski definition) is 1. The monoisotopic (exact) mass is 449 g/mol. The summed E-state index contributed by atoms with van der Waals surface area (Å²) in [5, 5.41) is 3.41. The van der Waals surface area contributed by atoms with Crippen LogP contribution in [0.5, 0.6) is 0 Å². The minimum atomic E-state index is -2.75. The average molecular weight is 449 g/mol. The van der Waals surface area contributed by atoms with Gasteiger partial charge in [0.05, 0.1) is 30.7 Å². The average Bonchev–Trinajstić information content (AvgIpc) is 3.69. The van der Waals surface area contributed by atoms with Gasteiger partial charge in [-0.1, -0.05) is 5.92 Å². The zero-order valence-corrected chi connectivity index (χ0v) is 17.7. The molecule has 0 atom stereocenters. The number of amides is 1. The van der Waals surface area contributed by atoms with Crippen LogP contribution in [0.3, 0.4) is 0 Å². The topological polar surface area (TPSA) is 80.2 Å². The number of fused-ring (bicyclic) bond motifs is 1. The Morgan fingerprint density at radius 2 is 1.88 bits per heavy atom. The smallest absolute Gasteiger partial charge is 0.281 e. The number of nitrogens with zero attached hydrogens (tertiary/aromatic N) is 4. The van der Waals surface area contributed by atoms with E-state index in [0.717, 1.165) is 31.6 Å². The Bertz CT molecular complexity index is 1240. The van der Waals surface area contributed by atoms with Crippen molar-refractivity contribution in [2.75, 3.05) is 36.5 Å². The third-order valence-electron chi connectivity index (χ3n) is 5.66. The number of pyridine rings is 3. The molecular formula is C24H21F2N5O2. The second-order valence-electron chi connectivity index (χ2n) is 7.99. The second kappa shape index (κ2) is 9.08. The Morgan fingerprint density at radius 3 is 2.58 bits per heavy atom. The van der Waals surface area contributed by atoms with Crippen LogP contribution in [-0.4, -0.2) is 47.2 Å². The van der Waals surface area contributed by atoms with E-state index in [9.17, 15) is 13.6 Å². The normalized spacial score (nSPS) is 15.9. The van der Waals surface area contributed by atoms with Crippen molar-refractivity contribution in [2.45, 2.75) is 19.3 Å². The highest BCUT2D eigenvalue weighted by Gasteiger charge is 2.30. The van der Waals surface area contributed by atoms with Crippen molar-refractivity contribution in [3.63, 3.8) is 0 Å². The van der Waals surface area contributed by atoms with Crippen LogP contribution in [0.1, 0.15) is 36.2 Å². The largest absolute Gasteiger partial charge is 0.378 e. The van der Waals surface area contributed by atoms with E-state index in [1.54, 1.807) is 12.3 Å². The predicted octanol–water partition coefficient (Wildman–Crippen LogP) is 3.55. The van der Waals surface area contributed by atoms with Crippen LogP contribution in [0.2, 0.25) is 0 Å². The maximum atomic E-state index is 13.5. The number of morpholine rings is 1. The number of rotatable bonds is 4. The van der Waals surface area contributed by atoms with Gasteiger partial charge >= 0.3 is 0 Å². The summed E-state index contributed by atoms with van der Waals surface area (Å²) in [6.07, 6.45) is 3.36. The van der Waals surface area contributed by atoms with Crippen LogP contribution in [-0.2, 0) is 9.53 Å². The van der Waals surface area contributed by atoms with Gasteiger partial charge < -0.3 is 15.0 Å². The molecule has 1 saturated carbocycles. The van der Waals surface area contributed by atoms with Gasteiger partial charge in [-0.2, -0.15) is 0 Å². The van der Waals surface area contributed by atoms with Crippen LogP contribution in [0.25, 0.3) is 10.8 Å². The molecule has 2 aliphatic rings. The first-order valence-corrected chi connectivity index (χ1v) is 10.8. The highest BCUT2D eigenvalue weighted by Crippen LogP contribution is 2.32. The van der Waals surface area contributed by atoms with Crippen molar-refractivity contribution in [1.29, 1.82) is 0 Å². The van der Waals surface area contributed by atoms with Crippen LogP contribution in [0, 0.1) is 17.8 Å². The molecule has 1 amide bonds. The molecule has 3 aromatic heterocycles. The van der Waals surface area contributed by atoms with Gasteiger partial charge in [0.1, 0.15) is 17.2 Å². The van der Waals surface area contributed by atoms with Crippen molar-refractivity contribution in [3.8, 4) is 11.8 Å². The minimum Gasteiger partial charge on any atom is -0.378 e. The van der Waals surface area contributed by atoms with Crippen molar-refractivity contribution in [1.82, 2.24) is 15.0 Å². The van der Waals surface area contributed by atoms with Gasteiger partial charge in [0.15, 0.2) is 0 Å². The number of carbonyl (C=O) groups excluding carboxylic acids is 1. The highest BCUT2D eigenvalue weighted by molar-refractivity contribution is 5.97. The fraction of sp³-hybridized carbons (Fsp3) is 0.333. The second-order valence-corrected chi connectivity index (χ2v) is 7.99. The molecule has 1 aliphatic heterocycles. The molecule has 168 valence electrons. The molecule has 1 N–H and O–H groups in total. The zero-order chi connectivity index (χ0) is 22.8. The molecule has 0 radical (unpaired) electrons. The van der Waals surface area contributed by atoms with E-state index in [-0.39, 0.29) is 22.9 Å². The molecule has 3 aromatic rings. The molecule has 33 heavy (non-hydrogen) atoms. The maximum Gasteiger partial charge on any atom is 0.281 e. The number of halogens is 2. The Labute approximate surface area is 189 Å². The van der Waals surface area contributed by atoms with Crippen molar-refractivity contribution < 1.29 is 18.3 Å². The Balaban J connectivity index is 1.45. The molecule has 5 rings (SSSR count). The van der Waals surface area contributed by atoms with E-state index in [2.05, 4.69) is 37.0 Å². The lowest BCUT2D eigenvalue weighted by atomic mass is 10.1. The van der Waals surface area contributed by atoms with E-state index >= 15 is 0 Å². The number of alkyl halides is 2. The van der Waals surface area contributed by atoms with Gasteiger partial charge in [0.2, 0.25) is 5.91 Å². The lowest BCUT2D eigenvalue weighted by Crippen LogP contribution is -2.36. The first kappa shape index (κ1) is 21.2. The van der Waals surface area contributed by atoms with Crippen LogP contribution in [0.15, 0.2) is 36.8 Å². The number of aromatic nitrogens is 3. The first-order valence-electron chi connectivity index (χ1n) is 10.8. The van der Waals surface area contributed by atoms with Gasteiger partial charge in [0, 0.05) is 42.2 Å². The van der Waals surface area contributed by atoms with Crippen LogP contribution in [0.4, 0.5) is 20.3 Å². The highest BCUT2D eigenvalue weighted by atomic mass is 19.3. The van der Waals surface area contributed by atoms with Gasteiger partial charge in [0.25, 0.3) is 6.43 Å². The number of ether oxygens (including phenoxy) is 1. The van der Waals surface area contributed by atoms with E-state index in [1.807, 2.05) is 12.1 Å². The summed E-state index contributed by atoms with van der Waals surface area (Å²) >= 11 is 0. The molecule has 7 nitrogen and oxygen atoms in total. The molecule has 2 fully saturated rings. The Morgan fingerprint density at radius 1 is 1.06 bits per heavy atom. The molecule has 9 heteroatoms. The van der Waals surface area contributed by atoms with Crippen LogP contribution >= 0.6 is 0 Å². The lowest BCUT2D eigenvalue weighted by Gasteiger charge is -2.28. The van der Waals surface area contributed by atoms with E-state index in [0.29, 0.717) is 35.7 Å². The summed E-state index contributed by atoms with van der Waals surface area (Å²) in [6, 6.07) is 5.35. The summed E-state index contributed by atoms with van der Waals surface area (Å²) < 4.78 is 32.3. The maximum absolute atomic E-state index is 13.5. The van der Waals surface area contributed by atoms with Gasteiger partial charge in [-0.15, -0.1) is 0 Å². The van der Waals surface area contributed by atoms with E-state index < -0.39 is 6.43 Å². The number of nitrogens with one attached hydrogen (secondary N) is 1. The summed E-state index contributed by atoms with van der Waals surface area (Å²) in [4.78, 5) is 26.7. The Hall–Kier alpha value is -3.64. The van der Waals surface area contributed by atoms with Crippen molar-refractivity contribution in [3.05, 3.63) is 53.7 Å². The van der Waals surface area contributed by atoms with Gasteiger partial charge in [-0.3, -0.25) is 9.78 Å². The van der Waals surface area contributed by atoms with Crippen molar-refractivity contribution in [2.24, 2.45) is 5.92 Å². The van der Waals surface area contributed by atoms with E-state index in [4.69, 9.17) is 4.74 Å². The molecular weight excluding hydrogens is 428 g/mol. The van der Waals surface area contributed by atoms with Crippen LogP contribution < -0.4 is 10.2 Å². The third-order valence-corrected chi connectivity index (χ3v) is 5.66. The number of anilines is 2. The third kappa shape index (κ3) is 4.76. The predicted molar refractivity (Wildman–Crippen MR) is 119 cm³/mol. The van der Waals surface area contributed by atoms with Crippen molar-refractivity contribution >= 4 is 28.2 Å². The van der Waals surface area contributed by atoms with Gasteiger partial charge in [-0.05, 0) is 37.0 Å². The van der Waals surface area contributed by atoms with E-state index in [1.165, 1.54) is 12.4 Å². The van der Waals surface area contributed by atoms with Gasteiger partial charge in [-0.25, -0.2) is 18.7 Å². The minimum absolute atomic E-state index is 0.00216. The summed E-state index contributed by atoms with van der Waals surface area (Å²) in [5.74, 6) is 6.17. The molecule has 0 unspecified atom stereocenters. The summed E-state index contributed by atoms with van der Waals surface area (Å²) in [6.45, 7) is 3.01. The standard InChI is InChI=1S/C24H21F2N5O2/c25-23(26)22-20-14-28-21(30-24(32)15-1-2-15)11-19(20)16(12-29-22)3-4-17-5-6-18(13-27-17)31-7-9-33-10-8-31/h5-6,11-15,23H,1-2,7-10H2,(H,28,30,32). The SMILES string of the molecule is O=C(Nc1cc2c(C#Cc3ccc(N4CCOCC4)cn3)cnc(C(F)F)c2cn1)C1CC1. The quantitative estimate of drug-likeness (QED) is 0.614. The molecule has 4 heterocycles. The molecule has 0 aromatic carbocycles. The fourth-order valence-electron chi connectivity index (χ4n) is 3.67. The molecule has 0 spiro atoms. The molecule has 1 saturated heterocycles. The Kier molecular flexibility index (Phi) is 5.84. The zero-order valence-electron chi connectivity index (χ0n) is 17.7. The molecule has 1 aliphatic carbocycles. The lowest BCUT2D eigenvalue weighted by molar-refractivity contribution is -0.117.